The molecular weight excluding hydrogens is 196 g/mol. The van der Waals surface area contributed by atoms with Crippen molar-refractivity contribution >= 4 is 23.0 Å². The highest BCUT2D eigenvalue weighted by Crippen LogP contribution is 2.03. The van der Waals surface area contributed by atoms with Crippen LogP contribution in [0.5, 0.6) is 0 Å². The molecule has 0 saturated carbocycles. The third-order valence-corrected chi connectivity index (χ3v) is 2.26. The highest BCUT2D eigenvalue weighted by Gasteiger charge is 1.91. The van der Waals surface area contributed by atoms with Gasteiger partial charge in [-0.1, -0.05) is 17.8 Å². The molecule has 0 radical (unpaired) electrons. The minimum atomic E-state index is 0.129. The number of aryl methyl sites for hydroxylation is 1. The fraction of sp³-hybridized carbons (Fsp3) is 0.300. The van der Waals surface area contributed by atoms with Crippen LogP contribution >= 0.6 is 11.8 Å². The summed E-state index contributed by atoms with van der Waals surface area (Å²) >= 11 is 1.28. The van der Waals surface area contributed by atoms with E-state index in [9.17, 15) is 4.79 Å². The molecule has 0 amide bonds. The van der Waals surface area contributed by atoms with E-state index in [1.807, 2.05) is 31.2 Å². The molecule has 0 fully saturated rings. The Balaban J connectivity index is 2.44. The van der Waals surface area contributed by atoms with Crippen LogP contribution < -0.4 is 0 Å². The summed E-state index contributed by atoms with van der Waals surface area (Å²) in [4.78, 5) is 10.6. The molecule has 1 heterocycles. The van der Waals surface area contributed by atoms with Crippen molar-refractivity contribution < 1.29 is 4.79 Å². The predicted molar refractivity (Wildman–Crippen MR) is 58.9 cm³/mol. The van der Waals surface area contributed by atoms with Gasteiger partial charge in [-0.05, 0) is 25.1 Å². The standard InChI is InChI=1S/C10H12N2OS/c1-8-5-6-10(12-11-8)4-3-7-14-9(2)13/h3-6H,7H2,1-2H3. The number of carbonyl (C=O) groups excluding carboxylic acids is 1. The Morgan fingerprint density at radius 1 is 1.50 bits per heavy atom. The summed E-state index contributed by atoms with van der Waals surface area (Å²) in [7, 11) is 0. The van der Waals surface area contributed by atoms with E-state index in [0.29, 0.717) is 5.75 Å². The van der Waals surface area contributed by atoms with Crippen molar-refractivity contribution in [2.75, 3.05) is 5.75 Å². The van der Waals surface area contributed by atoms with Gasteiger partial charge in [-0.15, -0.1) is 0 Å². The Bertz CT molecular complexity index is 332. The first-order valence-electron chi connectivity index (χ1n) is 4.29. The van der Waals surface area contributed by atoms with E-state index in [-0.39, 0.29) is 5.12 Å². The lowest BCUT2D eigenvalue weighted by molar-refractivity contribution is -0.109. The molecule has 1 rings (SSSR count). The lowest BCUT2D eigenvalue weighted by Crippen LogP contribution is -1.88. The molecule has 0 atom stereocenters. The Labute approximate surface area is 87.6 Å². The van der Waals surface area contributed by atoms with Gasteiger partial charge in [0.2, 0.25) is 0 Å². The molecule has 1 aromatic rings. The highest BCUT2D eigenvalue weighted by molar-refractivity contribution is 8.13. The lowest BCUT2D eigenvalue weighted by atomic mass is 10.3. The van der Waals surface area contributed by atoms with Crippen LogP contribution in [0, 0.1) is 6.92 Å². The normalized spacial score (nSPS) is 10.7. The van der Waals surface area contributed by atoms with Gasteiger partial charge in [-0.25, -0.2) is 0 Å². The van der Waals surface area contributed by atoms with E-state index in [4.69, 9.17) is 0 Å². The molecule has 0 bridgehead atoms. The van der Waals surface area contributed by atoms with Crippen LogP contribution in [0.15, 0.2) is 18.2 Å². The second-order valence-electron chi connectivity index (χ2n) is 2.80. The molecule has 0 aliphatic heterocycles. The van der Waals surface area contributed by atoms with Crippen LogP contribution in [0.3, 0.4) is 0 Å². The Kier molecular flexibility index (Phi) is 4.32. The zero-order chi connectivity index (χ0) is 10.4. The van der Waals surface area contributed by atoms with Gasteiger partial charge < -0.3 is 0 Å². The van der Waals surface area contributed by atoms with E-state index in [1.165, 1.54) is 11.8 Å². The largest absolute Gasteiger partial charge is 0.288 e. The number of hydrogen-bond acceptors (Lipinski definition) is 4. The quantitative estimate of drug-likeness (QED) is 0.762. The van der Waals surface area contributed by atoms with Gasteiger partial charge in [0, 0.05) is 12.7 Å². The first-order valence-corrected chi connectivity index (χ1v) is 5.27. The SMILES string of the molecule is CC(=O)SCC=Cc1ccc(C)nn1. The molecule has 0 aliphatic carbocycles. The topological polar surface area (TPSA) is 42.9 Å². The van der Waals surface area contributed by atoms with Crippen LogP contribution in [0.25, 0.3) is 6.08 Å². The van der Waals surface area contributed by atoms with Gasteiger partial charge in [0.05, 0.1) is 11.4 Å². The minimum Gasteiger partial charge on any atom is -0.288 e. The fourth-order valence-electron chi connectivity index (χ4n) is 0.832. The maximum Gasteiger partial charge on any atom is 0.186 e. The number of hydrogen-bond donors (Lipinski definition) is 0. The lowest BCUT2D eigenvalue weighted by Gasteiger charge is -1.92. The van der Waals surface area contributed by atoms with Gasteiger partial charge in [-0.3, -0.25) is 4.79 Å². The first kappa shape index (κ1) is 10.9. The van der Waals surface area contributed by atoms with Crippen LogP contribution in [0.2, 0.25) is 0 Å². The zero-order valence-corrected chi connectivity index (χ0v) is 9.04. The third-order valence-electron chi connectivity index (χ3n) is 1.49. The summed E-state index contributed by atoms with van der Waals surface area (Å²) in [6, 6.07) is 3.81. The molecule has 74 valence electrons. The van der Waals surface area contributed by atoms with E-state index in [0.717, 1.165) is 11.4 Å². The summed E-state index contributed by atoms with van der Waals surface area (Å²) in [6.45, 7) is 3.45. The van der Waals surface area contributed by atoms with Gasteiger partial charge >= 0.3 is 0 Å². The number of rotatable bonds is 3. The molecule has 0 aliphatic rings. The maximum atomic E-state index is 10.6. The fourth-order valence-corrected chi connectivity index (χ4v) is 1.26. The second-order valence-corrected chi connectivity index (χ2v) is 4.00. The molecule has 0 aromatic carbocycles. The van der Waals surface area contributed by atoms with Crippen molar-refractivity contribution in [3.8, 4) is 0 Å². The van der Waals surface area contributed by atoms with E-state index < -0.39 is 0 Å². The van der Waals surface area contributed by atoms with Crippen molar-refractivity contribution in [1.82, 2.24) is 10.2 Å². The molecule has 1 aromatic heterocycles. The molecule has 4 heteroatoms. The van der Waals surface area contributed by atoms with E-state index in [2.05, 4.69) is 10.2 Å². The molecule has 0 unspecified atom stereocenters. The second kappa shape index (κ2) is 5.54. The van der Waals surface area contributed by atoms with Crippen molar-refractivity contribution in [3.05, 3.63) is 29.6 Å². The molecular formula is C10H12N2OS. The average Bonchev–Trinajstić information content (AvgIpc) is 2.15. The molecule has 0 N–H and O–H groups in total. The van der Waals surface area contributed by atoms with Crippen LogP contribution in [-0.2, 0) is 4.79 Å². The summed E-state index contributed by atoms with van der Waals surface area (Å²) in [5.74, 6) is 0.685. The monoisotopic (exact) mass is 208 g/mol. The average molecular weight is 208 g/mol. The van der Waals surface area contributed by atoms with E-state index in [1.54, 1.807) is 6.92 Å². The Morgan fingerprint density at radius 3 is 2.86 bits per heavy atom. The summed E-state index contributed by atoms with van der Waals surface area (Å²) in [5.41, 5.74) is 1.72. The number of thioether (sulfide) groups is 1. The molecule has 14 heavy (non-hydrogen) atoms. The molecule has 0 spiro atoms. The van der Waals surface area contributed by atoms with Gasteiger partial charge in [-0.2, -0.15) is 10.2 Å². The van der Waals surface area contributed by atoms with Crippen LogP contribution in [-0.4, -0.2) is 21.1 Å². The summed E-state index contributed by atoms with van der Waals surface area (Å²) in [5, 5.41) is 8.01. The summed E-state index contributed by atoms with van der Waals surface area (Å²) < 4.78 is 0. The van der Waals surface area contributed by atoms with Crippen LogP contribution in [0.1, 0.15) is 18.3 Å². The Hall–Kier alpha value is -1.16. The Morgan fingerprint density at radius 2 is 2.29 bits per heavy atom. The highest BCUT2D eigenvalue weighted by atomic mass is 32.2. The minimum absolute atomic E-state index is 0.129. The number of aromatic nitrogens is 2. The smallest absolute Gasteiger partial charge is 0.186 e. The third kappa shape index (κ3) is 4.18. The molecule has 0 saturated heterocycles. The van der Waals surface area contributed by atoms with Gasteiger partial charge in [0.25, 0.3) is 0 Å². The van der Waals surface area contributed by atoms with Crippen molar-refractivity contribution in [3.63, 3.8) is 0 Å². The number of nitrogens with zero attached hydrogens (tertiary/aromatic N) is 2. The molecule has 3 nitrogen and oxygen atoms in total. The van der Waals surface area contributed by atoms with E-state index >= 15 is 0 Å². The number of carbonyl (C=O) groups is 1. The maximum absolute atomic E-state index is 10.6. The first-order chi connectivity index (χ1) is 6.68. The van der Waals surface area contributed by atoms with Crippen molar-refractivity contribution in [2.24, 2.45) is 0 Å². The zero-order valence-electron chi connectivity index (χ0n) is 8.23. The van der Waals surface area contributed by atoms with Gasteiger partial charge in [0.1, 0.15) is 0 Å². The van der Waals surface area contributed by atoms with Crippen molar-refractivity contribution in [1.29, 1.82) is 0 Å². The summed E-state index contributed by atoms with van der Waals surface area (Å²) in [6.07, 6.45) is 3.77. The van der Waals surface area contributed by atoms with Gasteiger partial charge in [0.15, 0.2) is 5.12 Å². The predicted octanol–water partition coefficient (Wildman–Crippen LogP) is 2.08. The van der Waals surface area contributed by atoms with Crippen LogP contribution in [0.4, 0.5) is 0 Å². The van der Waals surface area contributed by atoms with Crippen molar-refractivity contribution in [2.45, 2.75) is 13.8 Å².